The average molecular weight is 208 g/mol. The van der Waals surface area contributed by atoms with Crippen LogP contribution < -0.4 is 4.74 Å². The number of aliphatic carboxylic acids is 1. The molecular weight excluding hydrogens is 196 g/mol. The molecule has 0 radical (unpaired) electrons. The molecule has 0 aliphatic heterocycles. The third-order valence-electron chi connectivity index (χ3n) is 1.87. The maximum absolute atomic E-state index is 10.8. The second-order valence-corrected chi connectivity index (χ2v) is 3.05. The lowest BCUT2D eigenvalue weighted by atomic mass is 10.1. The summed E-state index contributed by atoms with van der Waals surface area (Å²) in [6.07, 6.45) is 1.66. The molecule has 0 aromatic heterocycles. The van der Waals surface area contributed by atoms with Crippen LogP contribution in [0, 0.1) is 0 Å². The number of hydrogen-bond donors (Lipinski definition) is 1. The molecule has 1 aromatic rings. The van der Waals surface area contributed by atoms with Gasteiger partial charge in [-0.15, -0.1) is 0 Å². The van der Waals surface area contributed by atoms with Crippen LogP contribution in [0.25, 0.3) is 0 Å². The number of carbonyl (C=O) groups excluding carboxylic acids is 1. The molecule has 80 valence electrons. The van der Waals surface area contributed by atoms with Crippen molar-refractivity contribution in [2.75, 3.05) is 0 Å². The molecule has 4 heteroatoms. The van der Waals surface area contributed by atoms with E-state index in [1.807, 2.05) is 19.1 Å². The Kier molecular flexibility index (Phi) is 3.85. The van der Waals surface area contributed by atoms with Crippen LogP contribution in [-0.4, -0.2) is 17.0 Å². The minimum absolute atomic E-state index is 0.326. The van der Waals surface area contributed by atoms with E-state index in [0.717, 1.165) is 18.4 Å². The number of para-hydroxylation sites is 1. The lowest BCUT2D eigenvalue weighted by Crippen LogP contribution is -2.19. The van der Waals surface area contributed by atoms with Crippen LogP contribution in [0.1, 0.15) is 18.9 Å². The van der Waals surface area contributed by atoms with Gasteiger partial charge >= 0.3 is 11.9 Å². The van der Waals surface area contributed by atoms with Crippen molar-refractivity contribution >= 4 is 11.9 Å². The number of hydrogen-bond acceptors (Lipinski definition) is 3. The van der Waals surface area contributed by atoms with Crippen molar-refractivity contribution in [2.24, 2.45) is 0 Å². The third-order valence-corrected chi connectivity index (χ3v) is 1.87. The molecule has 1 rings (SSSR count). The van der Waals surface area contributed by atoms with E-state index in [0.29, 0.717) is 5.75 Å². The van der Waals surface area contributed by atoms with Gasteiger partial charge in [0, 0.05) is 0 Å². The highest BCUT2D eigenvalue weighted by molar-refractivity contribution is 6.29. The van der Waals surface area contributed by atoms with E-state index in [4.69, 9.17) is 9.84 Å². The van der Waals surface area contributed by atoms with Gasteiger partial charge in [0.25, 0.3) is 0 Å². The zero-order valence-corrected chi connectivity index (χ0v) is 8.40. The van der Waals surface area contributed by atoms with Crippen LogP contribution in [0.3, 0.4) is 0 Å². The smallest absolute Gasteiger partial charge is 0.422 e. The Morgan fingerprint density at radius 3 is 2.60 bits per heavy atom. The summed E-state index contributed by atoms with van der Waals surface area (Å²) in [5.74, 6) is -2.51. The molecule has 0 aliphatic rings. The summed E-state index contributed by atoms with van der Waals surface area (Å²) < 4.78 is 4.72. The highest BCUT2D eigenvalue weighted by Gasteiger charge is 2.15. The van der Waals surface area contributed by atoms with Crippen molar-refractivity contribution in [3.63, 3.8) is 0 Å². The minimum atomic E-state index is -1.58. The summed E-state index contributed by atoms with van der Waals surface area (Å²) >= 11 is 0. The Hall–Kier alpha value is -1.84. The van der Waals surface area contributed by atoms with Crippen molar-refractivity contribution in [3.05, 3.63) is 29.8 Å². The Morgan fingerprint density at radius 2 is 2.00 bits per heavy atom. The quantitative estimate of drug-likeness (QED) is 0.466. The molecule has 0 atom stereocenters. The van der Waals surface area contributed by atoms with E-state index < -0.39 is 11.9 Å². The van der Waals surface area contributed by atoms with Crippen LogP contribution in [0.4, 0.5) is 0 Å². The first-order valence-corrected chi connectivity index (χ1v) is 4.68. The average Bonchev–Trinajstić information content (AvgIpc) is 2.21. The highest BCUT2D eigenvalue weighted by Crippen LogP contribution is 2.19. The molecule has 4 nitrogen and oxygen atoms in total. The number of esters is 1. The number of aryl methyl sites for hydroxylation is 1. The lowest BCUT2D eigenvalue weighted by Gasteiger charge is -2.06. The van der Waals surface area contributed by atoms with Crippen molar-refractivity contribution in [3.8, 4) is 5.75 Å². The summed E-state index contributed by atoms with van der Waals surface area (Å²) in [6.45, 7) is 2.00. The summed E-state index contributed by atoms with van der Waals surface area (Å²) in [4.78, 5) is 21.1. The van der Waals surface area contributed by atoms with Gasteiger partial charge in [-0.05, 0) is 18.1 Å². The Balaban J connectivity index is 2.84. The van der Waals surface area contributed by atoms with Gasteiger partial charge in [-0.25, -0.2) is 9.59 Å². The van der Waals surface area contributed by atoms with Gasteiger partial charge in [0.1, 0.15) is 5.75 Å². The molecule has 0 fully saturated rings. The fraction of sp³-hybridized carbons (Fsp3) is 0.273. The molecule has 1 N–H and O–H groups in total. The maximum atomic E-state index is 10.8. The number of carboxylic acids is 1. The van der Waals surface area contributed by atoms with Gasteiger partial charge < -0.3 is 9.84 Å². The van der Waals surface area contributed by atoms with Crippen molar-refractivity contribution in [2.45, 2.75) is 19.8 Å². The van der Waals surface area contributed by atoms with E-state index in [9.17, 15) is 9.59 Å². The van der Waals surface area contributed by atoms with Crippen LogP contribution in [0.2, 0.25) is 0 Å². The van der Waals surface area contributed by atoms with Gasteiger partial charge in [0.05, 0.1) is 0 Å². The van der Waals surface area contributed by atoms with Gasteiger partial charge in [0.2, 0.25) is 0 Å². The van der Waals surface area contributed by atoms with E-state index in [1.165, 1.54) is 0 Å². The minimum Gasteiger partial charge on any atom is -0.473 e. The normalized spacial score (nSPS) is 9.67. The molecule has 15 heavy (non-hydrogen) atoms. The zero-order chi connectivity index (χ0) is 11.3. The monoisotopic (exact) mass is 208 g/mol. The third kappa shape index (κ3) is 3.09. The molecule has 0 bridgehead atoms. The van der Waals surface area contributed by atoms with Crippen molar-refractivity contribution in [1.82, 2.24) is 0 Å². The predicted octanol–water partition coefficient (Wildman–Crippen LogP) is 1.63. The summed E-state index contributed by atoms with van der Waals surface area (Å²) in [6, 6.07) is 6.92. The molecule has 1 aromatic carbocycles. The van der Waals surface area contributed by atoms with E-state index >= 15 is 0 Å². The predicted molar refractivity (Wildman–Crippen MR) is 53.7 cm³/mol. The molecule has 0 amide bonds. The Labute approximate surface area is 87.5 Å². The molecule has 0 aliphatic carbocycles. The van der Waals surface area contributed by atoms with E-state index in [1.54, 1.807) is 12.1 Å². The van der Waals surface area contributed by atoms with Gasteiger partial charge in [-0.1, -0.05) is 31.5 Å². The summed E-state index contributed by atoms with van der Waals surface area (Å²) in [5, 5.41) is 8.39. The molecule has 0 spiro atoms. The largest absolute Gasteiger partial charge is 0.473 e. The fourth-order valence-corrected chi connectivity index (χ4v) is 1.22. The summed E-state index contributed by atoms with van der Waals surface area (Å²) in [7, 11) is 0. The number of benzene rings is 1. The van der Waals surface area contributed by atoms with E-state index in [2.05, 4.69) is 0 Å². The second-order valence-electron chi connectivity index (χ2n) is 3.05. The summed E-state index contributed by atoms with van der Waals surface area (Å²) in [5.41, 5.74) is 0.842. The van der Waals surface area contributed by atoms with Crippen LogP contribution in [0.5, 0.6) is 5.75 Å². The standard InChI is InChI=1S/C11H12O4/c1-2-5-8-6-3-4-7-9(8)15-11(14)10(12)13/h3-4,6-7H,2,5H2,1H3,(H,12,13). The SMILES string of the molecule is CCCc1ccccc1OC(=O)C(=O)O. The van der Waals surface area contributed by atoms with Crippen LogP contribution >= 0.6 is 0 Å². The zero-order valence-electron chi connectivity index (χ0n) is 8.40. The highest BCUT2D eigenvalue weighted by atomic mass is 16.6. The van der Waals surface area contributed by atoms with Gasteiger partial charge in [-0.3, -0.25) is 0 Å². The first kappa shape index (κ1) is 11.2. The first-order chi connectivity index (χ1) is 7.15. The number of rotatable bonds is 3. The van der Waals surface area contributed by atoms with Gasteiger partial charge in [0.15, 0.2) is 0 Å². The molecule has 0 unspecified atom stereocenters. The molecule has 0 saturated heterocycles. The molecule has 0 saturated carbocycles. The Bertz CT molecular complexity index is 371. The van der Waals surface area contributed by atoms with Gasteiger partial charge in [-0.2, -0.15) is 0 Å². The van der Waals surface area contributed by atoms with Crippen molar-refractivity contribution < 1.29 is 19.4 Å². The lowest BCUT2D eigenvalue weighted by molar-refractivity contribution is -0.158. The molecule has 0 heterocycles. The number of ether oxygens (including phenoxy) is 1. The van der Waals surface area contributed by atoms with Crippen LogP contribution in [0.15, 0.2) is 24.3 Å². The number of carboxylic acid groups (broad SMARTS) is 1. The topological polar surface area (TPSA) is 63.6 Å². The Morgan fingerprint density at radius 1 is 1.33 bits per heavy atom. The fourth-order valence-electron chi connectivity index (χ4n) is 1.22. The van der Waals surface area contributed by atoms with E-state index in [-0.39, 0.29) is 0 Å². The second kappa shape index (κ2) is 5.14. The first-order valence-electron chi connectivity index (χ1n) is 4.68. The molecular formula is C11H12O4. The maximum Gasteiger partial charge on any atom is 0.422 e. The number of carbonyl (C=O) groups is 2. The van der Waals surface area contributed by atoms with Crippen molar-refractivity contribution in [1.29, 1.82) is 0 Å². The van der Waals surface area contributed by atoms with Crippen LogP contribution in [-0.2, 0) is 16.0 Å².